The van der Waals surface area contributed by atoms with Gasteiger partial charge in [0.25, 0.3) is 0 Å². The number of rotatable bonds is 13. The lowest BCUT2D eigenvalue weighted by atomic mass is 9.73. The molecule has 7 nitrogen and oxygen atoms in total. The lowest BCUT2D eigenvalue weighted by Gasteiger charge is -2.33. The molecule has 37 heavy (non-hydrogen) atoms. The van der Waals surface area contributed by atoms with Gasteiger partial charge in [-0.05, 0) is 73.6 Å². The van der Waals surface area contributed by atoms with Crippen molar-refractivity contribution in [2.24, 2.45) is 17.8 Å². The minimum Gasteiger partial charge on any atom is -0.507 e. The molecule has 0 saturated heterocycles. The zero-order valence-electron chi connectivity index (χ0n) is 22.1. The Morgan fingerprint density at radius 3 is 2.38 bits per heavy atom. The van der Waals surface area contributed by atoms with E-state index in [9.17, 15) is 29.7 Å². The Labute approximate surface area is 219 Å². The number of phenolic OH excluding ortho intramolecular Hbond substituents is 1. The van der Waals surface area contributed by atoms with E-state index in [1.165, 1.54) is 6.92 Å². The second kappa shape index (κ2) is 13.0. The number of aliphatic hydroxyl groups excluding tert-OH is 2. The Morgan fingerprint density at radius 1 is 1.08 bits per heavy atom. The molecule has 0 bridgehead atoms. The van der Waals surface area contributed by atoms with E-state index in [0.29, 0.717) is 31.2 Å². The highest BCUT2D eigenvalue weighted by molar-refractivity contribution is 6.03. The molecule has 0 radical (unpaired) electrons. The van der Waals surface area contributed by atoms with Crippen LogP contribution in [0.5, 0.6) is 5.75 Å². The molecule has 0 aromatic heterocycles. The van der Waals surface area contributed by atoms with Crippen LogP contribution < -0.4 is 4.90 Å². The quantitative estimate of drug-likeness (QED) is 0.354. The van der Waals surface area contributed by atoms with Gasteiger partial charge in [-0.3, -0.25) is 14.4 Å². The van der Waals surface area contributed by atoms with Gasteiger partial charge in [0.15, 0.2) is 5.78 Å². The Kier molecular flexibility index (Phi) is 10.0. The summed E-state index contributed by atoms with van der Waals surface area (Å²) in [6.07, 6.45) is 2.63. The molecular formula is C30H39NO6. The summed E-state index contributed by atoms with van der Waals surface area (Å²) in [5.74, 6) is -1.88. The number of hydrogen-bond acceptors (Lipinski definition) is 7. The van der Waals surface area contributed by atoms with Gasteiger partial charge in [-0.1, -0.05) is 30.3 Å². The summed E-state index contributed by atoms with van der Waals surface area (Å²) in [6.45, 7) is 0.788. The largest absolute Gasteiger partial charge is 0.507 e. The van der Waals surface area contributed by atoms with Gasteiger partial charge in [0.1, 0.15) is 17.3 Å². The fraction of sp³-hybridized carbons (Fsp3) is 0.500. The van der Waals surface area contributed by atoms with E-state index >= 15 is 0 Å². The monoisotopic (exact) mass is 509 g/mol. The average molecular weight is 510 g/mol. The molecule has 3 atom stereocenters. The number of Topliss-reactive ketones (excluding diaryl/α,β-unsaturated/α-hetero) is 3. The number of aromatic hydroxyl groups is 1. The standard InChI is InChI=1S/C30H39NO6/c1-19(34)13-27(35)25(18-33)22(11-12-32)14-21-15-24-26(31(2)3)17-23(30(37)29(24)28(36)16-21)10-9-20-7-5-4-6-8-20/h4-8,17,21-22,25,32-33,37H,9-16,18H2,1-3H3. The highest BCUT2D eigenvalue weighted by atomic mass is 16.3. The third kappa shape index (κ3) is 7.05. The minimum absolute atomic E-state index is 0.0526. The van der Waals surface area contributed by atoms with Crippen LogP contribution in [0.4, 0.5) is 5.69 Å². The number of anilines is 1. The molecule has 2 aromatic carbocycles. The van der Waals surface area contributed by atoms with Gasteiger partial charge in [0, 0.05) is 38.7 Å². The van der Waals surface area contributed by atoms with Gasteiger partial charge < -0.3 is 20.2 Å². The normalized spacial score (nSPS) is 16.7. The van der Waals surface area contributed by atoms with Crippen LogP contribution >= 0.6 is 0 Å². The number of carbonyl (C=O) groups is 3. The summed E-state index contributed by atoms with van der Waals surface area (Å²) in [5, 5.41) is 30.7. The number of ketones is 3. The molecule has 0 saturated carbocycles. The summed E-state index contributed by atoms with van der Waals surface area (Å²) in [7, 11) is 3.83. The van der Waals surface area contributed by atoms with Crippen molar-refractivity contribution < 1.29 is 29.7 Å². The van der Waals surface area contributed by atoms with E-state index in [1.807, 2.05) is 55.4 Å². The Morgan fingerprint density at radius 2 is 1.78 bits per heavy atom. The summed E-state index contributed by atoms with van der Waals surface area (Å²) < 4.78 is 0. The van der Waals surface area contributed by atoms with Crippen molar-refractivity contribution in [3.8, 4) is 5.75 Å². The van der Waals surface area contributed by atoms with Gasteiger partial charge in [-0.25, -0.2) is 0 Å². The maximum atomic E-state index is 13.4. The first-order valence-electron chi connectivity index (χ1n) is 13.0. The van der Waals surface area contributed by atoms with Crippen LogP contribution in [0.3, 0.4) is 0 Å². The zero-order valence-corrected chi connectivity index (χ0v) is 22.1. The molecule has 3 rings (SSSR count). The van der Waals surface area contributed by atoms with Crippen LogP contribution in [0.25, 0.3) is 0 Å². The zero-order chi connectivity index (χ0) is 27.1. The van der Waals surface area contributed by atoms with Crippen LogP contribution in [0.15, 0.2) is 36.4 Å². The molecule has 0 amide bonds. The third-order valence-corrected chi connectivity index (χ3v) is 7.45. The molecule has 0 aliphatic heterocycles. The second-order valence-corrected chi connectivity index (χ2v) is 10.5. The van der Waals surface area contributed by atoms with Crippen LogP contribution in [0.1, 0.15) is 59.7 Å². The maximum absolute atomic E-state index is 13.4. The molecule has 0 heterocycles. The van der Waals surface area contributed by atoms with E-state index < -0.39 is 12.5 Å². The first-order valence-corrected chi connectivity index (χ1v) is 13.0. The van der Waals surface area contributed by atoms with Crippen molar-refractivity contribution in [2.75, 3.05) is 32.2 Å². The molecule has 2 aromatic rings. The van der Waals surface area contributed by atoms with Crippen LogP contribution in [-0.4, -0.2) is 60.0 Å². The molecule has 3 unspecified atom stereocenters. The van der Waals surface area contributed by atoms with Gasteiger partial charge in [0.05, 0.1) is 18.6 Å². The second-order valence-electron chi connectivity index (χ2n) is 10.5. The van der Waals surface area contributed by atoms with E-state index in [4.69, 9.17) is 0 Å². The molecular weight excluding hydrogens is 470 g/mol. The lowest BCUT2D eigenvalue weighted by molar-refractivity contribution is -0.131. The molecule has 7 heteroatoms. The maximum Gasteiger partial charge on any atom is 0.167 e. The van der Waals surface area contributed by atoms with Crippen molar-refractivity contribution >= 4 is 23.0 Å². The molecule has 3 N–H and O–H groups in total. The molecule has 0 spiro atoms. The SMILES string of the molecule is CC(=O)CC(=O)C(CO)C(CCO)CC1CC(=O)c2c(O)c(CCc3ccccc3)cc(N(C)C)c2C1. The van der Waals surface area contributed by atoms with E-state index in [-0.39, 0.29) is 54.4 Å². The smallest absolute Gasteiger partial charge is 0.167 e. The number of nitrogens with zero attached hydrogens (tertiary/aromatic N) is 1. The van der Waals surface area contributed by atoms with E-state index in [1.54, 1.807) is 0 Å². The predicted molar refractivity (Wildman–Crippen MR) is 143 cm³/mol. The minimum atomic E-state index is -0.755. The highest BCUT2D eigenvalue weighted by Gasteiger charge is 2.35. The topological polar surface area (TPSA) is 115 Å². The fourth-order valence-corrected chi connectivity index (χ4v) is 5.63. The number of fused-ring (bicyclic) bond motifs is 1. The first-order chi connectivity index (χ1) is 17.7. The van der Waals surface area contributed by atoms with Crippen molar-refractivity contribution in [2.45, 2.75) is 51.9 Å². The summed E-state index contributed by atoms with van der Waals surface area (Å²) in [4.78, 5) is 39.5. The van der Waals surface area contributed by atoms with Gasteiger partial charge in [-0.2, -0.15) is 0 Å². The number of aryl methyl sites for hydroxylation is 2. The van der Waals surface area contributed by atoms with Gasteiger partial charge in [0.2, 0.25) is 0 Å². The van der Waals surface area contributed by atoms with Crippen molar-refractivity contribution in [1.29, 1.82) is 0 Å². The van der Waals surface area contributed by atoms with Crippen molar-refractivity contribution in [3.63, 3.8) is 0 Å². The number of hydrogen-bond donors (Lipinski definition) is 3. The lowest BCUT2D eigenvalue weighted by Crippen LogP contribution is -2.33. The number of phenols is 1. The number of benzene rings is 2. The third-order valence-electron chi connectivity index (χ3n) is 7.45. The van der Waals surface area contributed by atoms with E-state index in [2.05, 4.69) is 0 Å². The van der Waals surface area contributed by atoms with E-state index in [0.717, 1.165) is 28.8 Å². The molecule has 200 valence electrons. The van der Waals surface area contributed by atoms with Crippen molar-refractivity contribution in [3.05, 3.63) is 58.7 Å². The molecule has 1 aliphatic rings. The highest BCUT2D eigenvalue weighted by Crippen LogP contribution is 2.42. The number of carbonyl (C=O) groups excluding carboxylic acids is 3. The fourth-order valence-electron chi connectivity index (χ4n) is 5.63. The Balaban J connectivity index is 1.88. The van der Waals surface area contributed by atoms with Crippen LogP contribution in [0, 0.1) is 17.8 Å². The van der Waals surface area contributed by atoms with Crippen molar-refractivity contribution in [1.82, 2.24) is 0 Å². The molecule has 0 fully saturated rings. The van der Waals surface area contributed by atoms with Crippen LogP contribution in [-0.2, 0) is 28.9 Å². The van der Waals surface area contributed by atoms with Crippen LogP contribution in [0.2, 0.25) is 0 Å². The molecule has 1 aliphatic carbocycles. The summed E-state index contributed by atoms with van der Waals surface area (Å²) in [5.41, 5.74) is 3.97. The Bertz CT molecular complexity index is 1110. The summed E-state index contributed by atoms with van der Waals surface area (Å²) in [6, 6.07) is 12.0. The first kappa shape index (κ1) is 28.5. The number of aliphatic hydroxyl groups is 2. The average Bonchev–Trinajstić information content (AvgIpc) is 2.84. The Hall–Kier alpha value is -3.03. The summed E-state index contributed by atoms with van der Waals surface area (Å²) >= 11 is 0. The van der Waals surface area contributed by atoms with Gasteiger partial charge in [-0.15, -0.1) is 0 Å². The van der Waals surface area contributed by atoms with Gasteiger partial charge >= 0.3 is 0 Å². The predicted octanol–water partition coefficient (Wildman–Crippen LogP) is 3.53.